The van der Waals surface area contributed by atoms with E-state index in [4.69, 9.17) is 5.73 Å². The van der Waals surface area contributed by atoms with Crippen molar-refractivity contribution >= 4 is 27.3 Å². The predicted molar refractivity (Wildman–Crippen MR) is 69.0 cm³/mol. The van der Waals surface area contributed by atoms with Gasteiger partial charge in [-0.05, 0) is 45.1 Å². The highest BCUT2D eigenvalue weighted by Crippen LogP contribution is 2.27. The van der Waals surface area contributed by atoms with E-state index in [1.807, 2.05) is 11.4 Å². The molecule has 2 aromatic rings. The van der Waals surface area contributed by atoms with Crippen LogP contribution in [0, 0.1) is 11.6 Å². The largest absolute Gasteiger partial charge is 0.324 e. The third-order valence-corrected chi connectivity index (χ3v) is 4.42. The van der Waals surface area contributed by atoms with Gasteiger partial charge in [-0.3, -0.25) is 0 Å². The van der Waals surface area contributed by atoms with E-state index in [1.165, 1.54) is 6.07 Å². The number of nitrogens with two attached hydrogens (primary N) is 1. The molecule has 0 fully saturated rings. The maximum Gasteiger partial charge on any atom is 0.159 e. The molecule has 0 aliphatic heterocycles. The Kier molecular flexibility index (Phi) is 3.91. The van der Waals surface area contributed by atoms with Crippen LogP contribution in [0.5, 0.6) is 0 Å². The first-order valence-corrected chi connectivity index (χ1v) is 6.67. The van der Waals surface area contributed by atoms with E-state index in [9.17, 15) is 8.78 Å². The lowest BCUT2D eigenvalue weighted by molar-refractivity contribution is 0.505. The molecule has 1 aromatic carbocycles. The molecule has 1 aromatic heterocycles. The second kappa shape index (κ2) is 5.25. The maximum absolute atomic E-state index is 13.1. The monoisotopic (exact) mass is 317 g/mol. The quantitative estimate of drug-likeness (QED) is 0.908. The van der Waals surface area contributed by atoms with Crippen LogP contribution in [0.3, 0.4) is 0 Å². The van der Waals surface area contributed by atoms with Crippen molar-refractivity contribution in [3.63, 3.8) is 0 Å². The Bertz CT molecular complexity index is 527. The summed E-state index contributed by atoms with van der Waals surface area (Å²) in [7, 11) is 0. The van der Waals surface area contributed by atoms with Crippen molar-refractivity contribution in [1.82, 2.24) is 0 Å². The van der Waals surface area contributed by atoms with Crippen molar-refractivity contribution < 1.29 is 8.78 Å². The third-order valence-electron chi connectivity index (χ3n) is 2.47. The summed E-state index contributed by atoms with van der Waals surface area (Å²) in [6.45, 7) is 0. The summed E-state index contributed by atoms with van der Waals surface area (Å²) in [6, 6.07) is 5.39. The molecule has 2 rings (SSSR count). The second-order valence-electron chi connectivity index (χ2n) is 3.68. The Hall–Kier alpha value is -0.780. The zero-order valence-corrected chi connectivity index (χ0v) is 11.2. The minimum absolute atomic E-state index is 0.333. The zero-order chi connectivity index (χ0) is 12.4. The number of halogens is 3. The van der Waals surface area contributed by atoms with Crippen LogP contribution in [0.15, 0.2) is 34.1 Å². The number of benzene rings is 1. The van der Waals surface area contributed by atoms with Crippen LogP contribution >= 0.6 is 27.3 Å². The highest BCUT2D eigenvalue weighted by Gasteiger charge is 2.12. The lowest BCUT2D eigenvalue weighted by Gasteiger charge is -2.11. The number of hydrogen-bond donors (Lipinski definition) is 1. The van der Waals surface area contributed by atoms with Gasteiger partial charge in [0, 0.05) is 21.8 Å². The molecule has 5 heteroatoms. The average molecular weight is 318 g/mol. The fraction of sp³-hybridized carbons (Fsp3) is 0.167. The molecule has 1 unspecified atom stereocenters. The summed E-state index contributed by atoms with van der Waals surface area (Å²) < 4.78 is 26.8. The molecule has 0 radical (unpaired) electrons. The molecule has 1 atom stereocenters. The van der Waals surface area contributed by atoms with E-state index in [-0.39, 0.29) is 6.04 Å². The van der Waals surface area contributed by atoms with Gasteiger partial charge in [0.1, 0.15) is 0 Å². The van der Waals surface area contributed by atoms with Gasteiger partial charge >= 0.3 is 0 Å². The molecule has 0 aliphatic rings. The highest BCUT2D eigenvalue weighted by molar-refractivity contribution is 9.10. The fourth-order valence-corrected chi connectivity index (χ4v) is 3.11. The SMILES string of the molecule is NC(Cc1sccc1Br)c1ccc(F)c(F)c1. The molecule has 0 bridgehead atoms. The van der Waals surface area contributed by atoms with Crippen LogP contribution in [-0.4, -0.2) is 0 Å². The Morgan fingerprint density at radius 3 is 2.59 bits per heavy atom. The Morgan fingerprint density at radius 2 is 2.00 bits per heavy atom. The minimum Gasteiger partial charge on any atom is -0.324 e. The molecule has 0 spiro atoms. The average Bonchev–Trinajstić information content (AvgIpc) is 2.68. The van der Waals surface area contributed by atoms with Crippen LogP contribution in [0.2, 0.25) is 0 Å². The number of rotatable bonds is 3. The summed E-state index contributed by atoms with van der Waals surface area (Å²) in [5.41, 5.74) is 6.57. The number of thiophene rings is 1. The van der Waals surface area contributed by atoms with E-state index < -0.39 is 11.6 Å². The highest BCUT2D eigenvalue weighted by atomic mass is 79.9. The Labute approximate surface area is 110 Å². The van der Waals surface area contributed by atoms with Gasteiger partial charge in [-0.1, -0.05) is 6.07 Å². The maximum atomic E-state index is 13.1. The molecular weight excluding hydrogens is 308 g/mol. The molecule has 17 heavy (non-hydrogen) atoms. The van der Waals surface area contributed by atoms with Crippen molar-refractivity contribution in [3.05, 3.63) is 56.2 Å². The van der Waals surface area contributed by atoms with Gasteiger partial charge in [-0.2, -0.15) is 0 Å². The third kappa shape index (κ3) is 2.91. The van der Waals surface area contributed by atoms with Crippen LogP contribution in [0.4, 0.5) is 8.78 Å². The summed E-state index contributed by atoms with van der Waals surface area (Å²) in [4.78, 5) is 1.10. The summed E-state index contributed by atoms with van der Waals surface area (Å²) in [5.74, 6) is -1.71. The summed E-state index contributed by atoms with van der Waals surface area (Å²) >= 11 is 5.00. The normalized spacial score (nSPS) is 12.7. The van der Waals surface area contributed by atoms with Gasteiger partial charge < -0.3 is 5.73 Å². The van der Waals surface area contributed by atoms with E-state index in [0.717, 1.165) is 21.5 Å². The molecular formula is C12H10BrF2NS. The Balaban J connectivity index is 2.17. The molecule has 90 valence electrons. The smallest absolute Gasteiger partial charge is 0.159 e. The van der Waals surface area contributed by atoms with Crippen molar-refractivity contribution in [3.8, 4) is 0 Å². The van der Waals surface area contributed by atoms with Crippen LogP contribution in [-0.2, 0) is 6.42 Å². The Morgan fingerprint density at radius 1 is 1.24 bits per heavy atom. The van der Waals surface area contributed by atoms with Gasteiger partial charge in [0.25, 0.3) is 0 Å². The lowest BCUT2D eigenvalue weighted by Crippen LogP contribution is -2.13. The van der Waals surface area contributed by atoms with Crippen molar-refractivity contribution in [2.75, 3.05) is 0 Å². The van der Waals surface area contributed by atoms with Crippen molar-refractivity contribution in [2.45, 2.75) is 12.5 Å². The van der Waals surface area contributed by atoms with Crippen LogP contribution in [0.1, 0.15) is 16.5 Å². The molecule has 0 saturated heterocycles. The molecule has 1 heterocycles. The second-order valence-corrected chi connectivity index (χ2v) is 5.53. The van der Waals surface area contributed by atoms with E-state index in [2.05, 4.69) is 15.9 Å². The molecule has 0 saturated carbocycles. The van der Waals surface area contributed by atoms with E-state index >= 15 is 0 Å². The predicted octanol–water partition coefficient (Wildman–Crippen LogP) is 4.03. The summed E-state index contributed by atoms with van der Waals surface area (Å²) in [5, 5.41) is 1.96. The van der Waals surface area contributed by atoms with Crippen LogP contribution < -0.4 is 5.73 Å². The lowest BCUT2D eigenvalue weighted by atomic mass is 10.0. The minimum atomic E-state index is -0.858. The molecule has 0 amide bonds. The molecule has 2 N–H and O–H groups in total. The van der Waals surface area contributed by atoms with E-state index in [0.29, 0.717) is 12.0 Å². The van der Waals surface area contributed by atoms with Gasteiger partial charge in [-0.25, -0.2) is 8.78 Å². The van der Waals surface area contributed by atoms with Gasteiger partial charge in [-0.15, -0.1) is 11.3 Å². The topological polar surface area (TPSA) is 26.0 Å². The van der Waals surface area contributed by atoms with Gasteiger partial charge in [0.2, 0.25) is 0 Å². The van der Waals surface area contributed by atoms with Gasteiger partial charge in [0.15, 0.2) is 11.6 Å². The standard InChI is InChI=1S/C12H10BrF2NS/c13-8-3-4-17-12(8)6-11(16)7-1-2-9(14)10(15)5-7/h1-5,11H,6,16H2. The van der Waals surface area contributed by atoms with E-state index in [1.54, 1.807) is 11.3 Å². The van der Waals surface area contributed by atoms with Crippen molar-refractivity contribution in [2.24, 2.45) is 5.73 Å². The van der Waals surface area contributed by atoms with Gasteiger partial charge in [0.05, 0.1) is 0 Å². The fourth-order valence-electron chi connectivity index (χ4n) is 1.53. The summed E-state index contributed by atoms with van der Waals surface area (Å²) in [6.07, 6.45) is 0.601. The first-order valence-electron chi connectivity index (χ1n) is 5.00. The van der Waals surface area contributed by atoms with Crippen LogP contribution in [0.25, 0.3) is 0 Å². The first kappa shape index (κ1) is 12.7. The molecule has 1 nitrogen and oxygen atoms in total. The zero-order valence-electron chi connectivity index (χ0n) is 8.79. The first-order chi connectivity index (χ1) is 8.08. The number of hydrogen-bond acceptors (Lipinski definition) is 2. The van der Waals surface area contributed by atoms with Crippen molar-refractivity contribution in [1.29, 1.82) is 0 Å². The molecule has 0 aliphatic carbocycles.